The Labute approximate surface area is 195 Å². The zero-order valence-electron chi connectivity index (χ0n) is 18.4. The number of carbonyl (C=O) groups is 1. The summed E-state index contributed by atoms with van der Waals surface area (Å²) in [6, 6.07) is 14.2. The molecule has 2 aromatic carbocycles. The highest BCUT2D eigenvalue weighted by Crippen LogP contribution is 2.31. The number of carbonyl (C=O) groups excluding carboxylic acids is 1. The van der Waals surface area contributed by atoms with Gasteiger partial charge in [0.05, 0.1) is 18.3 Å². The Morgan fingerprint density at radius 3 is 2.94 bits per heavy atom. The fourth-order valence-electron chi connectivity index (χ4n) is 4.31. The van der Waals surface area contributed by atoms with Crippen molar-refractivity contribution in [3.8, 4) is 23.1 Å². The summed E-state index contributed by atoms with van der Waals surface area (Å²) in [6.07, 6.45) is 2.25. The number of nitrogens with one attached hydrogen (secondary N) is 2. The molecule has 9 heteroatoms. The molecule has 1 aliphatic heterocycles. The van der Waals surface area contributed by atoms with Crippen molar-refractivity contribution < 1.29 is 13.9 Å². The van der Waals surface area contributed by atoms with Gasteiger partial charge in [-0.1, -0.05) is 6.07 Å². The maximum absolute atomic E-state index is 14.6. The van der Waals surface area contributed by atoms with E-state index < -0.39 is 5.82 Å². The fraction of sp³-hybridized carbons (Fsp3) is 0.200. The zero-order valence-corrected chi connectivity index (χ0v) is 18.4. The first-order chi connectivity index (χ1) is 16.6. The maximum atomic E-state index is 14.6. The quantitative estimate of drug-likeness (QED) is 0.460. The summed E-state index contributed by atoms with van der Waals surface area (Å²) >= 11 is 0. The van der Waals surface area contributed by atoms with Crippen molar-refractivity contribution in [3.05, 3.63) is 71.4 Å². The van der Waals surface area contributed by atoms with Gasteiger partial charge in [-0.2, -0.15) is 5.26 Å². The third-order valence-electron chi connectivity index (χ3n) is 5.94. The predicted molar refractivity (Wildman–Crippen MR) is 125 cm³/mol. The molecule has 0 bridgehead atoms. The van der Waals surface area contributed by atoms with Crippen LogP contribution in [-0.4, -0.2) is 40.6 Å². The minimum Gasteiger partial charge on any atom is -0.496 e. The van der Waals surface area contributed by atoms with Gasteiger partial charge in [0.25, 0.3) is 5.91 Å². The Bertz CT molecular complexity index is 1460. The number of anilines is 1. The summed E-state index contributed by atoms with van der Waals surface area (Å²) in [6.45, 7) is 1.39. The van der Waals surface area contributed by atoms with E-state index in [1.165, 1.54) is 19.5 Å². The molecule has 0 radical (unpaired) electrons. The molecule has 5 rings (SSSR count). The van der Waals surface area contributed by atoms with Crippen LogP contribution in [0.4, 0.5) is 10.2 Å². The topological polar surface area (TPSA) is 105 Å². The number of amides is 1. The molecule has 3 heterocycles. The first-order valence-corrected chi connectivity index (χ1v) is 10.8. The van der Waals surface area contributed by atoms with Crippen molar-refractivity contribution in [2.75, 3.05) is 25.5 Å². The molecule has 0 saturated heterocycles. The van der Waals surface area contributed by atoms with E-state index in [0.29, 0.717) is 53.4 Å². The van der Waals surface area contributed by atoms with Crippen LogP contribution in [0, 0.1) is 17.1 Å². The van der Waals surface area contributed by atoms with Crippen LogP contribution < -0.4 is 15.4 Å². The van der Waals surface area contributed by atoms with E-state index in [9.17, 15) is 14.4 Å². The van der Waals surface area contributed by atoms with Crippen LogP contribution in [-0.2, 0) is 13.0 Å². The number of ether oxygens (including phenoxy) is 1. The number of benzene rings is 2. The molecule has 34 heavy (non-hydrogen) atoms. The molecule has 0 unspecified atom stereocenters. The average Bonchev–Trinajstić information content (AvgIpc) is 3.24. The summed E-state index contributed by atoms with van der Waals surface area (Å²) in [5.74, 6) is 0.653. The van der Waals surface area contributed by atoms with Gasteiger partial charge in [0, 0.05) is 42.2 Å². The largest absolute Gasteiger partial charge is 0.496 e. The average molecular weight is 456 g/mol. The van der Waals surface area contributed by atoms with E-state index in [4.69, 9.17) is 4.74 Å². The molecule has 1 amide bonds. The van der Waals surface area contributed by atoms with Gasteiger partial charge in [-0.3, -0.25) is 4.79 Å². The summed E-state index contributed by atoms with van der Waals surface area (Å²) in [5.41, 5.74) is 4.00. The monoisotopic (exact) mass is 456 g/mol. The zero-order chi connectivity index (χ0) is 23.7. The highest BCUT2D eigenvalue weighted by atomic mass is 19.1. The van der Waals surface area contributed by atoms with E-state index in [2.05, 4.69) is 26.7 Å². The normalized spacial score (nSPS) is 12.7. The van der Waals surface area contributed by atoms with Crippen LogP contribution >= 0.6 is 0 Å². The molecule has 2 N–H and O–H groups in total. The second-order valence-electron chi connectivity index (χ2n) is 7.90. The molecule has 0 aliphatic carbocycles. The van der Waals surface area contributed by atoms with Crippen molar-refractivity contribution in [2.45, 2.75) is 13.0 Å². The standard InChI is InChI=1S/C25H21FN6O2/c1-34-22-5-4-20(26)24-19(22)11-17(13-27)32(24)9-8-28-23-12-21(30-14-31-23)16-2-3-18-15(10-16)6-7-29-25(18)33/h2-5,10-12,14H,6-9H2,1H3,(H,29,33)(H,28,30,31). The smallest absolute Gasteiger partial charge is 0.251 e. The highest BCUT2D eigenvalue weighted by Gasteiger charge is 2.18. The van der Waals surface area contributed by atoms with Gasteiger partial charge in [-0.15, -0.1) is 0 Å². The van der Waals surface area contributed by atoms with E-state index in [0.717, 1.165) is 23.2 Å². The van der Waals surface area contributed by atoms with Gasteiger partial charge in [0.2, 0.25) is 0 Å². The maximum Gasteiger partial charge on any atom is 0.251 e. The van der Waals surface area contributed by atoms with Crippen LogP contribution in [0.5, 0.6) is 5.75 Å². The van der Waals surface area contributed by atoms with E-state index in [1.807, 2.05) is 24.3 Å². The van der Waals surface area contributed by atoms with Gasteiger partial charge < -0.3 is 19.9 Å². The summed E-state index contributed by atoms with van der Waals surface area (Å²) in [7, 11) is 1.52. The van der Waals surface area contributed by atoms with E-state index >= 15 is 0 Å². The lowest BCUT2D eigenvalue weighted by molar-refractivity contribution is 0.0946. The Morgan fingerprint density at radius 1 is 1.24 bits per heavy atom. The summed E-state index contributed by atoms with van der Waals surface area (Å²) in [4.78, 5) is 20.6. The van der Waals surface area contributed by atoms with Gasteiger partial charge in [0.15, 0.2) is 0 Å². The number of aromatic nitrogens is 3. The second-order valence-corrected chi connectivity index (χ2v) is 7.90. The number of fused-ring (bicyclic) bond motifs is 2. The van der Waals surface area contributed by atoms with Gasteiger partial charge in [-0.05, 0) is 42.3 Å². The molecule has 170 valence electrons. The van der Waals surface area contributed by atoms with Gasteiger partial charge >= 0.3 is 0 Å². The molecular formula is C25H21FN6O2. The lowest BCUT2D eigenvalue weighted by atomic mass is 9.97. The van der Waals surface area contributed by atoms with Gasteiger partial charge in [0.1, 0.15) is 35.5 Å². The number of nitrogens with zero attached hydrogens (tertiary/aromatic N) is 4. The third kappa shape index (κ3) is 3.79. The van der Waals surface area contributed by atoms with Crippen molar-refractivity contribution in [1.29, 1.82) is 5.26 Å². The first kappa shape index (κ1) is 21.4. The van der Waals surface area contributed by atoms with Crippen molar-refractivity contribution in [2.24, 2.45) is 0 Å². The number of halogens is 1. The number of methoxy groups -OCH3 is 1. The Balaban J connectivity index is 1.36. The molecular weight excluding hydrogens is 435 g/mol. The first-order valence-electron chi connectivity index (χ1n) is 10.8. The minimum absolute atomic E-state index is 0.0545. The van der Waals surface area contributed by atoms with E-state index in [-0.39, 0.29) is 5.91 Å². The Hall–Kier alpha value is -4.45. The molecule has 0 atom stereocenters. The second kappa shape index (κ2) is 8.83. The lowest BCUT2D eigenvalue weighted by Crippen LogP contribution is -2.31. The summed E-state index contributed by atoms with van der Waals surface area (Å²) in [5, 5.41) is 16.2. The van der Waals surface area contributed by atoms with Crippen LogP contribution in [0.3, 0.4) is 0 Å². The van der Waals surface area contributed by atoms with Crippen molar-refractivity contribution >= 4 is 22.6 Å². The summed E-state index contributed by atoms with van der Waals surface area (Å²) < 4.78 is 21.6. The Morgan fingerprint density at radius 2 is 2.12 bits per heavy atom. The van der Waals surface area contributed by atoms with Gasteiger partial charge in [-0.25, -0.2) is 14.4 Å². The number of nitriles is 1. The number of rotatable bonds is 6. The molecule has 1 aliphatic rings. The molecule has 0 fully saturated rings. The molecule has 2 aromatic heterocycles. The molecule has 4 aromatic rings. The van der Waals surface area contributed by atoms with Crippen molar-refractivity contribution in [1.82, 2.24) is 19.9 Å². The molecule has 0 spiro atoms. The predicted octanol–water partition coefficient (Wildman–Crippen LogP) is 3.52. The van der Waals surface area contributed by atoms with Crippen LogP contribution in [0.1, 0.15) is 21.6 Å². The number of hydrogen-bond acceptors (Lipinski definition) is 6. The third-order valence-corrected chi connectivity index (χ3v) is 5.94. The van der Waals surface area contributed by atoms with Crippen LogP contribution in [0.15, 0.2) is 48.8 Å². The molecule has 0 saturated carbocycles. The Kier molecular flexibility index (Phi) is 5.55. The minimum atomic E-state index is -0.414. The number of hydrogen-bond donors (Lipinski definition) is 2. The lowest BCUT2D eigenvalue weighted by Gasteiger charge is -2.17. The molecule has 8 nitrogen and oxygen atoms in total. The van der Waals surface area contributed by atoms with Crippen molar-refractivity contribution in [3.63, 3.8) is 0 Å². The highest BCUT2D eigenvalue weighted by molar-refractivity contribution is 5.97. The van der Waals surface area contributed by atoms with Crippen LogP contribution in [0.25, 0.3) is 22.2 Å². The van der Waals surface area contributed by atoms with E-state index in [1.54, 1.807) is 16.7 Å². The fourth-order valence-corrected chi connectivity index (χ4v) is 4.31. The van der Waals surface area contributed by atoms with Crippen LogP contribution in [0.2, 0.25) is 0 Å². The SMILES string of the molecule is COc1ccc(F)c2c1cc(C#N)n2CCNc1cc(-c2ccc3c(c2)CCNC3=O)ncn1.